The van der Waals surface area contributed by atoms with Crippen LogP contribution < -0.4 is 11.1 Å². The molecular weight excluding hydrogens is 406 g/mol. The number of nitrogens with one attached hydrogen (secondary N) is 1. The third-order valence-electron chi connectivity index (χ3n) is 4.97. The molecule has 0 radical (unpaired) electrons. The van der Waals surface area contributed by atoms with Crippen LogP contribution in [0, 0.1) is 0 Å². The highest BCUT2D eigenvalue weighted by Crippen LogP contribution is 2.22. The van der Waals surface area contributed by atoms with E-state index in [1.807, 2.05) is 0 Å². The summed E-state index contributed by atoms with van der Waals surface area (Å²) in [6, 6.07) is 13.3. The SMILES string of the molecule is COC(=O)C1CCCCN1C(=O)c1cccc(NC(=O)Cc2ccc(N)cc2)c1.Cl. The number of nitrogens with two attached hydrogens (primary N) is 1. The quantitative estimate of drug-likeness (QED) is 0.559. The summed E-state index contributed by atoms with van der Waals surface area (Å²) in [7, 11) is 1.33. The molecule has 3 rings (SSSR count). The summed E-state index contributed by atoms with van der Waals surface area (Å²) < 4.78 is 4.85. The molecule has 1 unspecified atom stereocenters. The molecule has 0 saturated carbocycles. The van der Waals surface area contributed by atoms with Crippen molar-refractivity contribution in [3.63, 3.8) is 0 Å². The van der Waals surface area contributed by atoms with E-state index < -0.39 is 12.0 Å². The molecule has 1 heterocycles. The first-order valence-corrected chi connectivity index (χ1v) is 9.61. The fourth-order valence-corrected chi connectivity index (χ4v) is 3.48. The lowest BCUT2D eigenvalue weighted by atomic mass is 10.0. The van der Waals surface area contributed by atoms with Gasteiger partial charge < -0.3 is 20.7 Å². The number of nitrogen functional groups attached to an aromatic ring is 1. The standard InChI is InChI=1S/C22H25N3O4.ClH/c1-29-22(28)19-7-2-3-12-25(19)21(27)16-5-4-6-18(14-16)24-20(26)13-15-8-10-17(23)11-9-15;/h4-6,8-11,14,19H,2-3,7,12-13,23H2,1H3,(H,24,26);1H. The first-order valence-electron chi connectivity index (χ1n) is 9.61. The molecule has 1 atom stereocenters. The summed E-state index contributed by atoms with van der Waals surface area (Å²) in [5, 5.41) is 2.82. The Morgan fingerprint density at radius 2 is 1.87 bits per heavy atom. The molecule has 1 fully saturated rings. The highest BCUT2D eigenvalue weighted by atomic mass is 35.5. The predicted molar refractivity (Wildman–Crippen MR) is 118 cm³/mol. The number of halogens is 1. The van der Waals surface area contributed by atoms with Gasteiger partial charge in [-0.15, -0.1) is 12.4 Å². The van der Waals surface area contributed by atoms with E-state index in [4.69, 9.17) is 10.5 Å². The lowest BCUT2D eigenvalue weighted by Gasteiger charge is -2.33. The number of carbonyl (C=O) groups is 3. The van der Waals surface area contributed by atoms with Crippen LogP contribution in [0.3, 0.4) is 0 Å². The van der Waals surface area contributed by atoms with Crippen LogP contribution in [0.2, 0.25) is 0 Å². The van der Waals surface area contributed by atoms with E-state index in [1.165, 1.54) is 7.11 Å². The monoisotopic (exact) mass is 431 g/mol. The summed E-state index contributed by atoms with van der Waals surface area (Å²) >= 11 is 0. The van der Waals surface area contributed by atoms with Gasteiger partial charge in [-0.25, -0.2) is 4.79 Å². The number of methoxy groups -OCH3 is 1. The van der Waals surface area contributed by atoms with Crippen LogP contribution in [0.5, 0.6) is 0 Å². The van der Waals surface area contributed by atoms with Crippen LogP contribution in [-0.4, -0.2) is 42.4 Å². The van der Waals surface area contributed by atoms with Crippen molar-refractivity contribution < 1.29 is 19.1 Å². The summed E-state index contributed by atoms with van der Waals surface area (Å²) in [5.74, 6) is -0.828. The fraction of sp³-hybridized carbons (Fsp3) is 0.318. The zero-order valence-corrected chi connectivity index (χ0v) is 17.6. The molecule has 0 spiro atoms. The van der Waals surface area contributed by atoms with Gasteiger partial charge in [0.05, 0.1) is 13.5 Å². The number of esters is 1. The molecule has 1 aliphatic heterocycles. The van der Waals surface area contributed by atoms with Crippen molar-refractivity contribution in [1.29, 1.82) is 0 Å². The van der Waals surface area contributed by atoms with Crippen LogP contribution in [-0.2, 0) is 20.7 Å². The number of amides is 2. The number of anilines is 2. The van der Waals surface area contributed by atoms with Crippen molar-refractivity contribution in [1.82, 2.24) is 4.90 Å². The Balaban J connectivity index is 0.00000320. The summed E-state index contributed by atoms with van der Waals surface area (Å²) in [4.78, 5) is 38.9. The molecule has 0 aromatic heterocycles. The minimum absolute atomic E-state index is 0. The van der Waals surface area contributed by atoms with E-state index in [-0.39, 0.29) is 30.6 Å². The molecule has 2 aromatic carbocycles. The minimum Gasteiger partial charge on any atom is -0.467 e. The molecule has 7 nitrogen and oxygen atoms in total. The number of carbonyl (C=O) groups excluding carboxylic acids is 3. The highest BCUT2D eigenvalue weighted by molar-refractivity contribution is 5.99. The average molecular weight is 432 g/mol. The van der Waals surface area contributed by atoms with E-state index in [9.17, 15) is 14.4 Å². The second-order valence-electron chi connectivity index (χ2n) is 7.08. The molecule has 1 aliphatic rings. The largest absolute Gasteiger partial charge is 0.467 e. The van der Waals surface area contributed by atoms with Crippen LogP contribution >= 0.6 is 12.4 Å². The molecule has 1 saturated heterocycles. The third-order valence-corrected chi connectivity index (χ3v) is 4.97. The van der Waals surface area contributed by atoms with Crippen molar-refractivity contribution in [3.05, 3.63) is 59.7 Å². The first kappa shape index (κ1) is 23.2. The number of benzene rings is 2. The normalized spacial score (nSPS) is 15.6. The Kier molecular flexibility index (Phi) is 8.24. The van der Waals surface area contributed by atoms with E-state index >= 15 is 0 Å². The molecular formula is C22H26ClN3O4. The van der Waals surface area contributed by atoms with Gasteiger partial charge in [-0.05, 0) is 55.2 Å². The second-order valence-corrected chi connectivity index (χ2v) is 7.08. The maximum Gasteiger partial charge on any atom is 0.328 e. The third kappa shape index (κ3) is 5.73. The summed E-state index contributed by atoms with van der Waals surface area (Å²) in [5.41, 5.74) is 8.10. The number of piperidine rings is 1. The lowest BCUT2D eigenvalue weighted by Crippen LogP contribution is -2.48. The van der Waals surface area contributed by atoms with Gasteiger partial charge in [0, 0.05) is 23.5 Å². The molecule has 2 aromatic rings. The van der Waals surface area contributed by atoms with E-state index in [0.717, 1.165) is 18.4 Å². The average Bonchev–Trinajstić information content (AvgIpc) is 2.74. The first-order chi connectivity index (χ1) is 14.0. The van der Waals surface area contributed by atoms with Gasteiger partial charge in [0.2, 0.25) is 5.91 Å². The van der Waals surface area contributed by atoms with E-state index in [2.05, 4.69) is 5.32 Å². The fourth-order valence-electron chi connectivity index (χ4n) is 3.48. The maximum absolute atomic E-state index is 13.0. The smallest absolute Gasteiger partial charge is 0.328 e. The summed E-state index contributed by atoms with van der Waals surface area (Å²) in [6.45, 7) is 0.506. The highest BCUT2D eigenvalue weighted by Gasteiger charge is 2.33. The molecule has 30 heavy (non-hydrogen) atoms. The van der Waals surface area contributed by atoms with Crippen LogP contribution in [0.1, 0.15) is 35.2 Å². The Bertz CT molecular complexity index is 902. The number of ether oxygens (including phenoxy) is 1. The number of nitrogens with zero attached hydrogens (tertiary/aromatic N) is 1. The van der Waals surface area contributed by atoms with Crippen molar-refractivity contribution in [3.8, 4) is 0 Å². The number of hydrogen-bond acceptors (Lipinski definition) is 5. The number of rotatable bonds is 5. The predicted octanol–water partition coefficient (Wildman–Crippen LogP) is 3.04. The Morgan fingerprint density at radius 3 is 2.57 bits per heavy atom. The van der Waals surface area contributed by atoms with Gasteiger partial charge in [0.25, 0.3) is 5.91 Å². The van der Waals surface area contributed by atoms with Crippen LogP contribution in [0.15, 0.2) is 48.5 Å². The molecule has 8 heteroatoms. The van der Waals surface area contributed by atoms with Crippen molar-refractivity contribution in [2.45, 2.75) is 31.7 Å². The molecule has 160 valence electrons. The van der Waals surface area contributed by atoms with Crippen LogP contribution in [0.4, 0.5) is 11.4 Å². The van der Waals surface area contributed by atoms with Gasteiger partial charge in [-0.2, -0.15) is 0 Å². The topological polar surface area (TPSA) is 102 Å². The van der Waals surface area contributed by atoms with Gasteiger partial charge in [0.15, 0.2) is 0 Å². The zero-order valence-electron chi connectivity index (χ0n) is 16.8. The number of hydrogen-bond donors (Lipinski definition) is 2. The van der Waals surface area contributed by atoms with Crippen molar-refractivity contribution >= 4 is 41.6 Å². The van der Waals surface area contributed by atoms with Gasteiger partial charge in [-0.3, -0.25) is 9.59 Å². The maximum atomic E-state index is 13.0. The minimum atomic E-state index is -0.565. The van der Waals surface area contributed by atoms with Gasteiger partial charge in [-0.1, -0.05) is 18.2 Å². The zero-order chi connectivity index (χ0) is 20.8. The van der Waals surface area contributed by atoms with Crippen LogP contribution in [0.25, 0.3) is 0 Å². The molecule has 3 N–H and O–H groups in total. The van der Waals surface area contributed by atoms with Crippen molar-refractivity contribution in [2.24, 2.45) is 0 Å². The Morgan fingerprint density at radius 1 is 1.13 bits per heavy atom. The second kappa shape index (κ2) is 10.6. The Hall–Kier alpha value is -3.06. The van der Waals surface area contributed by atoms with E-state index in [0.29, 0.717) is 29.9 Å². The lowest BCUT2D eigenvalue weighted by molar-refractivity contribution is -0.147. The van der Waals surface area contributed by atoms with Gasteiger partial charge in [0.1, 0.15) is 6.04 Å². The Labute approximate surface area is 182 Å². The summed E-state index contributed by atoms with van der Waals surface area (Å²) in [6.07, 6.45) is 2.52. The van der Waals surface area contributed by atoms with E-state index in [1.54, 1.807) is 53.4 Å². The molecule has 0 aliphatic carbocycles. The molecule has 0 bridgehead atoms. The van der Waals surface area contributed by atoms with Gasteiger partial charge >= 0.3 is 5.97 Å². The van der Waals surface area contributed by atoms with Crippen molar-refractivity contribution in [2.75, 3.05) is 24.7 Å². The number of likely N-dealkylation sites (tertiary alicyclic amines) is 1. The molecule has 2 amide bonds.